The van der Waals surface area contributed by atoms with Gasteiger partial charge in [0.15, 0.2) is 0 Å². The summed E-state index contributed by atoms with van der Waals surface area (Å²) in [7, 11) is 7.28. The van der Waals surface area contributed by atoms with Gasteiger partial charge in [-0.2, -0.15) is 0 Å². The smallest absolute Gasteiger partial charge is 0.0884 e. The normalized spacial score (nSPS) is 12.9. The molecule has 1 heteroatoms. The Morgan fingerprint density at radius 1 is 0.306 bits per heavy atom. The van der Waals surface area contributed by atoms with Gasteiger partial charge in [0.25, 0.3) is 0 Å². The molecule has 0 aliphatic rings. The summed E-state index contributed by atoms with van der Waals surface area (Å²) < 4.78 is 1.16. The predicted molar refractivity (Wildman–Crippen MR) is 167 cm³/mol. The molecular formula is C35H74N+. The van der Waals surface area contributed by atoms with Crippen LogP contribution in [0.15, 0.2) is 0 Å². The average molecular weight is 509 g/mol. The van der Waals surface area contributed by atoms with E-state index >= 15 is 0 Å². The lowest BCUT2D eigenvalue weighted by Crippen LogP contribution is -2.45. The first-order valence-electron chi connectivity index (χ1n) is 17.3. The molecule has 0 aliphatic carbocycles. The van der Waals surface area contributed by atoms with Crippen LogP contribution >= 0.6 is 0 Å². The van der Waals surface area contributed by atoms with Crippen molar-refractivity contribution in [1.82, 2.24) is 0 Å². The molecule has 0 aromatic carbocycles. The Balaban J connectivity index is 3.49. The monoisotopic (exact) mass is 509 g/mol. The number of unbranched alkanes of at least 4 members (excludes halogenated alkanes) is 25. The second kappa shape index (κ2) is 28.0. The Morgan fingerprint density at radius 2 is 0.500 bits per heavy atom. The van der Waals surface area contributed by atoms with Crippen LogP contribution in [-0.4, -0.2) is 31.7 Å². The van der Waals surface area contributed by atoms with Crippen LogP contribution in [0.4, 0.5) is 0 Å². The van der Waals surface area contributed by atoms with E-state index in [-0.39, 0.29) is 0 Å². The van der Waals surface area contributed by atoms with Crippen molar-refractivity contribution in [1.29, 1.82) is 0 Å². The van der Waals surface area contributed by atoms with Gasteiger partial charge in [-0.25, -0.2) is 0 Å². The van der Waals surface area contributed by atoms with Crippen molar-refractivity contribution in [2.24, 2.45) is 0 Å². The maximum atomic E-state index is 2.43. The third kappa shape index (κ3) is 27.0. The molecule has 218 valence electrons. The molecule has 0 saturated heterocycles. The molecule has 0 spiro atoms. The van der Waals surface area contributed by atoms with Crippen molar-refractivity contribution in [3.8, 4) is 0 Å². The molecule has 0 amide bonds. The summed E-state index contributed by atoms with van der Waals surface area (Å²) in [5, 5.41) is 0. The van der Waals surface area contributed by atoms with Crippen molar-refractivity contribution < 1.29 is 4.48 Å². The van der Waals surface area contributed by atoms with E-state index in [0.717, 1.165) is 10.5 Å². The summed E-state index contributed by atoms with van der Waals surface area (Å²) in [6.07, 6.45) is 42.4. The van der Waals surface area contributed by atoms with Gasteiger partial charge in [-0.05, 0) is 25.7 Å². The van der Waals surface area contributed by atoms with Gasteiger partial charge >= 0.3 is 0 Å². The van der Waals surface area contributed by atoms with Crippen molar-refractivity contribution in [3.63, 3.8) is 0 Å². The second-order valence-electron chi connectivity index (χ2n) is 13.2. The van der Waals surface area contributed by atoms with E-state index in [1.807, 2.05) is 0 Å². The summed E-state index contributed by atoms with van der Waals surface area (Å²) in [6, 6.07) is 0.871. The molecule has 0 heterocycles. The molecule has 0 bridgehead atoms. The summed E-state index contributed by atoms with van der Waals surface area (Å²) >= 11 is 0. The van der Waals surface area contributed by atoms with Crippen LogP contribution in [0.1, 0.15) is 200 Å². The van der Waals surface area contributed by atoms with Crippen LogP contribution in [0.5, 0.6) is 0 Å². The zero-order chi connectivity index (χ0) is 26.6. The van der Waals surface area contributed by atoms with Crippen LogP contribution in [0.3, 0.4) is 0 Å². The quantitative estimate of drug-likeness (QED) is 0.0668. The van der Waals surface area contributed by atoms with E-state index in [2.05, 4.69) is 35.0 Å². The van der Waals surface area contributed by atoms with Gasteiger partial charge in [0.1, 0.15) is 0 Å². The lowest BCUT2D eigenvalue weighted by molar-refractivity contribution is -0.896. The molecule has 0 aromatic heterocycles. The third-order valence-corrected chi connectivity index (χ3v) is 8.63. The van der Waals surface area contributed by atoms with E-state index in [0.29, 0.717) is 0 Å². The zero-order valence-corrected chi connectivity index (χ0v) is 26.5. The van der Waals surface area contributed by atoms with Crippen LogP contribution < -0.4 is 0 Å². The molecule has 1 unspecified atom stereocenters. The molecule has 0 fully saturated rings. The van der Waals surface area contributed by atoms with Gasteiger partial charge in [-0.15, -0.1) is 0 Å². The first-order chi connectivity index (χ1) is 17.5. The first-order valence-corrected chi connectivity index (χ1v) is 17.3. The molecule has 36 heavy (non-hydrogen) atoms. The highest BCUT2D eigenvalue weighted by Gasteiger charge is 2.22. The summed E-state index contributed by atoms with van der Waals surface area (Å²) in [6.45, 7) is 4.62. The number of rotatable bonds is 30. The van der Waals surface area contributed by atoms with Crippen LogP contribution in [0, 0.1) is 0 Å². The van der Waals surface area contributed by atoms with Crippen molar-refractivity contribution in [2.45, 2.75) is 206 Å². The van der Waals surface area contributed by atoms with E-state index in [1.165, 1.54) is 186 Å². The van der Waals surface area contributed by atoms with E-state index in [1.54, 1.807) is 0 Å². The maximum absolute atomic E-state index is 2.43. The van der Waals surface area contributed by atoms with Gasteiger partial charge in [0.2, 0.25) is 0 Å². The molecule has 1 atom stereocenters. The van der Waals surface area contributed by atoms with Gasteiger partial charge in [0.05, 0.1) is 27.2 Å². The fourth-order valence-electron chi connectivity index (χ4n) is 5.89. The molecule has 0 N–H and O–H groups in total. The highest BCUT2D eigenvalue weighted by molar-refractivity contribution is 4.61. The lowest BCUT2D eigenvalue weighted by atomic mass is 9.97. The molecule has 0 aromatic rings. The average Bonchev–Trinajstić information content (AvgIpc) is 2.85. The molecule has 0 saturated carbocycles. The Kier molecular flexibility index (Phi) is 27.9. The molecule has 0 rings (SSSR count). The van der Waals surface area contributed by atoms with Crippen molar-refractivity contribution in [2.75, 3.05) is 21.1 Å². The maximum Gasteiger partial charge on any atom is 0.0884 e. The van der Waals surface area contributed by atoms with E-state index in [4.69, 9.17) is 0 Å². The Bertz CT molecular complexity index is 396. The third-order valence-electron chi connectivity index (χ3n) is 8.63. The Labute approximate surface area is 231 Å². The van der Waals surface area contributed by atoms with Crippen molar-refractivity contribution >= 4 is 0 Å². The largest absolute Gasteiger partial charge is 0.328 e. The topological polar surface area (TPSA) is 0 Å². The van der Waals surface area contributed by atoms with E-state index < -0.39 is 0 Å². The highest BCUT2D eigenvalue weighted by Crippen LogP contribution is 2.21. The lowest BCUT2D eigenvalue weighted by Gasteiger charge is -2.34. The fourth-order valence-corrected chi connectivity index (χ4v) is 5.89. The SMILES string of the molecule is CCCCCCCCCCCCCCCCCCCC(CCCCCCCCCCCC)[N+](C)(C)C. The first kappa shape index (κ1) is 36.0. The Hall–Kier alpha value is -0.0400. The summed E-state index contributed by atoms with van der Waals surface area (Å²) in [4.78, 5) is 0. The molecule has 0 radical (unpaired) electrons. The minimum Gasteiger partial charge on any atom is -0.328 e. The minimum atomic E-state index is 0.871. The van der Waals surface area contributed by atoms with Crippen LogP contribution in [0.2, 0.25) is 0 Å². The van der Waals surface area contributed by atoms with Crippen LogP contribution in [0.25, 0.3) is 0 Å². The van der Waals surface area contributed by atoms with Gasteiger partial charge in [-0.3, -0.25) is 0 Å². The highest BCUT2D eigenvalue weighted by atomic mass is 15.3. The number of nitrogens with zero attached hydrogens (tertiary/aromatic N) is 1. The number of quaternary nitrogens is 1. The predicted octanol–water partition coefficient (Wildman–Crippen LogP) is 12.4. The molecule has 0 aliphatic heterocycles. The van der Waals surface area contributed by atoms with Gasteiger partial charge in [-0.1, -0.05) is 174 Å². The van der Waals surface area contributed by atoms with Gasteiger partial charge < -0.3 is 4.48 Å². The summed E-state index contributed by atoms with van der Waals surface area (Å²) in [5.74, 6) is 0. The van der Waals surface area contributed by atoms with E-state index in [9.17, 15) is 0 Å². The second-order valence-corrected chi connectivity index (χ2v) is 13.2. The zero-order valence-electron chi connectivity index (χ0n) is 26.5. The Morgan fingerprint density at radius 3 is 0.694 bits per heavy atom. The molecular weight excluding hydrogens is 434 g/mol. The van der Waals surface area contributed by atoms with Crippen LogP contribution in [-0.2, 0) is 0 Å². The van der Waals surface area contributed by atoms with Crippen molar-refractivity contribution in [3.05, 3.63) is 0 Å². The summed E-state index contributed by atoms with van der Waals surface area (Å²) in [5.41, 5.74) is 0. The fraction of sp³-hybridized carbons (Fsp3) is 1.00. The number of hydrogen-bond donors (Lipinski definition) is 0. The molecule has 1 nitrogen and oxygen atoms in total. The number of hydrogen-bond acceptors (Lipinski definition) is 0. The standard InChI is InChI=1S/C35H74N/c1-6-8-10-12-14-16-18-19-20-21-22-23-24-26-28-30-32-34-35(36(3,4)5)33-31-29-27-25-17-15-13-11-9-7-2/h35H,6-34H2,1-5H3/q+1. The van der Waals surface area contributed by atoms with Gasteiger partial charge in [0, 0.05) is 0 Å². The minimum absolute atomic E-state index is 0.871.